The molecule has 0 bridgehead atoms. The molecule has 1 aliphatic rings. The third-order valence-corrected chi connectivity index (χ3v) is 6.18. The smallest absolute Gasteiger partial charge is 0.294 e. The molecule has 7 heteroatoms. The van der Waals surface area contributed by atoms with Crippen LogP contribution in [0.5, 0.6) is 17.2 Å². The molecule has 0 saturated carbocycles. The molecule has 0 N–H and O–H groups in total. The van der Waals surface area contributed by atoms with E-state index in [1.54, 1.807) is 13.2 Å². The van der Waals surface area contributed by atoms with Crippen LogP contribution in [0.4, 0.5) is 4.79 Å². The molecule has 0 atom stereocenters. The summed E-state index contributed by atoms with van der Waals surface area (Å²) in [6, 6.07) is 17.2. The second-order valence-electron chi connectivity index (χ2n) is 7.41. The normalized spacial score (nSPS) is 14.6. The minimum absolute atomic E-state index is 0.0219. The summed E-state index contributed by atoms with van der Waals surface area (Å²) in [5, 5.41) is -0.342. The maximum atomic E-state index is 12.5. The number of hydrogen-bond acceptors (Lipinski definition) is 5. The predicted octanol–water partition coefficient (Wildman–Crippen LogP) is 5.56. The van der Waals surface area contributed by atoms with E-state index in [0.29, 0.717) is 10.7 Å². The first-order valence-corrected chi connectivity index (χ1v) is 11.0. The number of terminal acetylenes is 1. The largest absolute Gasteiger partial charge is 0.497 e. The number of rotatable bonds is 6. The Bertz CT molecular complexity index is 1280. The van der Waals surface area contributed by atoms with Crippen LogP contribution in [0.2, 0.25) is 0 Å². The van der Waals surface area contributed by atoms with Crippen molar-refractivity contribution in [3.63, 3.8) is 0 Å². The summed E-state index contributed by atoms with van der Waals surface area (Å²) in [7, 11) is 1.62. The molecule has 2 aromatic carbocycles. The average molecular weight is 459 g/mol. The van der Waals surface area contributed by atoms with Gasteiger partial charge in [-0.2, -0.15) is 0 Å². The van der Waals surface area contributed by atoms with Gasteiger partial charge in [-0.15, -0.1) is 6.42 Å². The first-order chi connectivity index (χ1) is 15.9. The van der Waals surface area contributed by atoms with Crippen LogP contribution in [0, 0.1) is 26.2 Å². The Balaban J connectivity index is 1.56. The molecule has 6 nitrogen and oxygen atoms in total. The number of benzene rings is 2. The predicted molar refractivity (Wildman–Crippen MR) is 130 cm³/mol. The van der Waals surface area contributed by atoms with E-state index >= 15 is 0 Å². The molecule has 2 heterocycles. The number of aryl methyl sites for hydroxylation is 1. The lowest BCUT2D eigenvalue weighted by atomic mass is 10.2. The highest BCUT2D eigenvalue weighted by atomic mass is 32.2. The van der Waals surface area contributed by atoms with Crippen LogP contribution in [0.1, 0.15) is 17.0 Å². The molecule has 2 amide bonds. The van der Waals surface area contributed by atoms with Crippen molar-refractivity contribution in [3.8, 4) is 35.3 Å². The van der Waals surface area contributed by atoms with Crippen LogP contribution in [0.15, 0.2) is 59.5 Å². The molecule has 1 saturated heterocycles. The topological polar surface area (TPSA) is 60.8 Å². The van der Waals surface area contributed by atoms with Crippen molar-refractivity contribution in [2.24, 2.45) is 0 Å². The fraction of sp³-hybridized carbons (Fsp3) is 0.154. The molecule has 3 aromatic rings. The first kappa shape index (κ1) is 22.3. The van der Waals surface area contributed by atoms with Crippen LogP contribution in [0.3, 0.4) is 0 Å². The zero-order chi connectivity index (χ0) is 23.5. The maximum Gasteiger partial charge on any atom is 0.294 e. The Hall–Kier alpha value is -3.89. The van der Waals surface area contributed by atoms with E-state index in [1.165, 1.54) is 0 Å². The van der Waals surface area contributed by atoms with Crippen LogP contribution >= 0.6 is 11.8 Å². The zero-order valence-corrected chi connectivity index (χ0v) is 19.3. The number of carbonyl (C=O) groups is 2. The fourth-order valence-corrected chi connectivity index (χ4v) is 4.47. The Morgan fingerprint density at radius 1 is 1.00 bits per heavy atom. The van der Waals surface area contributed by atoms with Gasteiger partial charge in [0.05, 0.1) is 18.6 Å². The van der Waals surface area contributed by atoms with Gasteiger partial charge in [0.2, 0.25) is 0 Å². The Labute approximate surface area is 196 Å². The van der Waals surface area contributed by atoms with Gasteiger partial charge < -0.3 is 14.0 Å². The minimum Gasteiger partial charge on any atom is -0.497 e. The Morgan fingerprint density at radius 2 is 1.61 bits per heavy atom. The van der Waals surface area contributed by atoms with Gasteiger partial charge in [-0.25, -0.2) is 0 Å². The molecular weight excluding hydrogens is 436 g/mol. The summed E-state index contributed by atoms with van der Waals surface area (Å²) in [6.45, 7) is 3.95. The number of carbonyl (C=O) groups excluding carboxylic acids is 2. The average Bonchev–Trinajstić information content (AvgIpc) is 3.24. The molecule has 4 rings (SSSR count). The van der Waals surface area contributed by atoms with Crippen molar-refractivity contribution in [3.05, 3.63) is 76.5 Å². The molecule has 0 aliphatic carbocycles. The summed E-state index contributed by atoms with van der Waals surface area (Å²) >= 11 is 0.911. The van der Waals surface area contributed by atoms with Crippen molar-refractivity contribution in [1.82, 2.24) is 9.47 Å². The maximum absolute atomic E-state index is 12.5. The molecule has 166 valence electrons. The van der Waals surface area contributed by atoms with Crippen LogP contribution in [0.25, 0.3) is 11.8 Å². The van der Waals surface area contributed by atoms with Crippen molar-refractivity contribution < 1.29 is 19.1 Å². The molecule has 1 aromatic heterocycles. The van der Waals surface area contributed by atoms with Gasteiger partial charge in [-0.3, -0.25) is 14.5 Å². The fourth-order valence-electron chi connectivity index (χ4n) is 3.64. The number of aromatic nitrogens is 1. The van der Waals surface area contributed by atoms with Gasteiger partial charge in [-0.05, 0) is 91.8 Å². The number of imide groups is 1. The number of methoxy groups -OCH3 is 1. The number of amides is 2. The zero-order valence-electron chi connectivity index (χ0n) is 18.5. The number of thioether (sulfide) groups is 1. The monoisotopic (exact) mass is 458 g/mol. The Morgan fingerprint density at radius 3 is 2.21 bits per heavy atom. The quantitative estimate of drug-likeness (QED) is 0.357. The van der Waals surface area contributed by atoms with Crippen molar-refractivity contribution in [1.29, 1.82) is 0 Å². The molecule has 1 aliphatic heterocycles. The van der Waals surface area contributed by atoms with E-state index in [9.17, 15) is 9.59 Å². The highest BCUT2D eigenvalue weighted by molar-refractivity contribution is 8.18. The summed E-state index contributed by atoms with van der Waals surface area (Å²) in [4.78, 5) is 26.0. The van der Waals surface area contributed by atoms with Gasteiger partial charge >= 0.3 is 0 Å². The van der Waals surface area contributed by atoms with E-state index in [2.05, 4.69) is 10.5 Å². The van der Waals surface area contributed by atoms with Gasteiger partial charge in [0.1, 0.15) is 17.2 Å². The second-order valence-corrected chi connectivity index (χ2v) is 8.40. The van der Waals surface area contributed by atoms with E-state index in [-0.39, 0.29) is 17.7 Å². The second kappa shape index (κ2) is 9.31. The summed E-state index contributed by atoms with van der Waals surface area (Å²) < 4.78 is 13.2. The highest BCUT2D eigenvalue weighted by Crippen LogP contribution is 2.34. The number of nitrogens with zero attached hydrogens (tertiary/aromatic N) is 2. The lowest BCUT2D eigenvalue weighted by Gasteiger charge is -2.11. The van der Waals surface area contributed by atoms with Crippen LogP contribution in [-0.4, -0.2) is 34.3 Å². The van der Waals surface area contributed by atoms with Crippen LogP contribution < -0.4 is 9.47 Å². The van der Waals surface area contributed by atoms with Crippen molar-refractivity contribution in [2.45, 2.75) is 13.8 Å². The third-order valence-electron chi connectivity index (χ3n) is 5.27. The third kappa shape index (κ3) is 4.52. The SMILES string of the molecule is C#CCN1C(=O)S/C(=C\c2cc(C)n(-c3ccc(Oc4ccc(OC)cc4)cc3)c2C)C1=O. The molecular formula is C26H22N2O4S. The van der Waals surface area contributed by atoms with E-state index in [0.717, 1.165) is 50.8 Å². The number of hydrogen-bond donors (Lipinski definition) is 0. The Kier molecular flexibility index (Phi) is 6.29. The van der Waals surface area contributed by atoms with Crippen molar-refractivity contribution >= 4 is 29.0 Å². The number of ether oxygens (including phenoxy) is 2. The van der Waals surface area contributed by atoms with E-state index in [1.807, 2.05) is 68.4 Å². The first-order valence-electron chi connectivity index (χ1n) is 10.2. The van der Waals surface area contributed by atoms with Crippen LogP contribution in [-0.2, 0) is 4.79 Å². The van der Waals surface area contributed by atoms with E-state index in [4.69, 9.17) is 15.9 Å². The standard InChI is InChI=1S/C26H22N2O4S/c1-5-14-27-25(29)24(33-26(27)30)16-19-15-17(2)28(18(19)3)20-6-8-22(9-7-20)32-23-12-10-21(31-4)11-13-23/h1,6-13,15-16H,14H2,2-4H3/b24-16-. The molecule has 0 unspecified atom stereocenters. The molecule has 0 radical (unpaired) electrons. The lowest BCUT2D eigenvalue weighted by molar-refractivity contribution is -0.122. The summed E-state index contributed by atoms with van der Waals surface area (Å²) in [6.07, 6.45) is 7.02. The summed E-state index contributed by atoms with van der Waals surface area (Å²) in [5.74, 6) is 4.20. The van der Waals surface area contributed by atoms with Gasteiger partial charge in [0.25, 0.3) is 11.1 Å². The summed E-state index contributed by atoms with van der Waals surface area (Å²) in [5.41, 5.74) is 3.80. The van der Waals surface area contributed by atoms with Gasteiger partial charge in [-0.1, -0.05) is 5.92 Å². The lowest BCUT2D eigenvalue weighted by Crippen LogP contribution is -2.28. The highest BCUT2D eigenvalue weighted by Gasteiger charge is 2.34. The molecule has 33 heavy (non-hydrogen) atoms. The van der Waals surface area contributed by atoms with Crippen molar-refractivity contribution in [2.75, 3.05) is 13.7 Å². The van der Waals surface area contributed by atoms with E-state index < -0.39 is 0 Å². The molecule has 0 spiro atoms. The minimum atomic E-state index is -0.354. The van der Waals surface area contributed by atoms with Gasteiger partial charge in [0, 0.05) is 17.1 Å². The van der Waals surface area contributed by atoms with Gasteiger partial charge in [0.15, 0.2) is 0 Å². The molecule has 1 fully saturated rings.